The Morgan fingerprint density at radius 1 is 0.404 bits per heavy atom. The van der Waals surface area contributed by atoms with Gasteiger partial charge >= 0.3 is 0 Å². The van der Waals surface area contributed by atoms with Crippen molar-refractivity contribution < 1.29 is 4.42 Å². The zero-order valence-electron chi connectivity index (χ0n) is 27.9. The van der Waals surface area contributed by atoms with E-state index in [0.29, 0.717) is 17.6 Å². The summed E-state index contributed by atoms with van der Waals surface area (Å²) in [5, 5.41) is 9.10. The maximum atomic E-state index is 6.87. The second kappa shape index (κ2) is 11.2. The maximum Gasteiger partial charge on any atom is 0.238 e. The third-order valence-electron chi connectivity index (χ3n) is 10.2. The van der Waals surface area contributed by atoms with Gasteiger partial charge in [-0.2, -0.15) is 9.97 Å². The number of rotatable bonds is 4. The second-order valence-corrected chi connectivity index (χ2v) is 13.2. The van der Waals surface area contributed by atoms with Crippen LogP contribution in [-0.2, 0) is 0 Å². The van der Waals surface area contributed by atoms with Crippen LogP contribution in [0.15, 0.2) is 174 Å². The van der Waals surface area contributed by atoms with Crippen LogP contribution in [0.3, 0.4) is 0 Å². The highest BCUT2D eigenvalue weighted by Crippen LogP contribution is 2.43. The van der Waals surface area contributed by atoms with Crippen LogP contribution in [0.1, 0.15) is 0 Å². The normalized spacial score (nSPS) is 11.8. The Bertz CT molecular complexity index is 3120. The summed E-state index contributed by atoms with van der Waals surface area (Å²) in [5.41, 5.74) is 7.70. The predicted molar refractivity (Wildman–Crippen MR) is 213 cm³/mol. The van der Waals surface area contributed by atoms with Gasteiger partial charge < -0.3 is 4.42 Å². The van der Waals surface area contributed by atoms with E-state index in [1.54, 1.807) is 0 Å². The zero-order valence-corrected chi connectivity index (χ0v) is 27.9. The summed E-state index contributed by atoms with van der Waals surface area (Å²) in [7, 11) is 0. The van der Waals surface area contributed by atoms with Crippen LogP contribution in [0.4, 0.5) is 0 Å². The Hall–Kier alpha value is -7.11. The number of aromatic nitrogens is 4. The Labute approximate surface area is 298 Å². The first-order valence-electron chi connectivity index (χ1n) is 17.4. The van der Waals surface area contributed by atoms with Crippen LogP contribution >= 0.6 is 0 Å². The molecule has 0 bridgehead atoms. The highest BCUT2D eigenvalue weighted by atomic mass is 16.3. The van der Waals surface area contributed by atoms with Crippen LogP contribution in [-0.4, -0.2) is 19.5 Å². The molecule has 0 saturated carbocycles. The van der Waals surface area contributed by atoms with Gasteiger partial charge in [-0.25, -0.2) is 4.98 Å². The van der Waals surface area contributed by atoms with Gasteiger partial charge in [0.25, 0.3) is 0 Å². The number of hydrogen-bond donors (Lipinski definition) is 0. The Morgan fingerprint density at radius 2 is 1.02 bits per heavy atom. The van der Waals surface area contributed by atoms with Crippen LogP contribution in [0.2, 0.25) is 0 Å². The van der Waals surface area contributed by atoms with Gasteiger partial charge in [-0.1, -0.05) is 140 Å². The molecular formula is C47H28N4O. The smallest absolute Gasteiger partial charge is 0.238 e. The van der Waals surface area contributed by atoms with Crippen molar-refractivity contribution in [2.45, 2.75) is 0 Å². The fourth-order valence-corrected chi connectivity index (χ4v) is 7.76. The molecule has 0 radical (unpaired) electrons. The molecule has 8 aromatic carbocycles. The minimum atomic E-state index is 0.531. The molecule has 11 aromatic rings. The van der Waals surface area contributed by atoms with E-state index in [-0.39, 0.29) is 0 Å². The summed E-state index contributed by atoms with van der Waals surface area (Å²) in [6.07, 6.45) is 0. The Morgan fingerprint density at radius 3 is 1.79 bits per heavy atom. The van der Waals surface area contributed by atoms with E-state index in [9.17, 15) is 0 Å². The van der Waals surface area contributed by atoms with Gasteiger partial charge in [0, 0.05) is 32.7 Å². The van der Waals surface area contributed by atoms with Crippen molar-refractivity contribution in [3.8, 4) is 39.9 Å². The van der Waals surface area contributed by atoms with E-state index in [1.165, 1.54) is 16.2 Å². The second-order valence-electron chi connectivity index (χ2n) is 13.2. The van der Waals surface area contributed by atoms with Gasteiger partial charge in [0.2, 0.25) is 5.95 Å². The molecule has 0 aliphatic carbocycles. The lowest BCUT2D eigenvalue weighted by Crippen LogP contribution is -2.06. The Balaban J connectivity index is 1.26. The lowest BCUT2D eigenvalue weighted by molar-refractivity contribution is 0.671. The maximum absolute atomic E-state index is 6.87. The number of nitrogens with zero attached hydrogens (tertiary/aromatic N) is 4. The largest absolute Gasteiger partial charge is 0.454 e. The SMILES string of the molecule is c1ccc(-c2nc(-c3ccccc3)nc(-n3c4ccc(-c5ccc6ccccc6c5)cc4c4ccc5c(oc6ccc7ccccc7c65)c43)n2)cc1. The molecule has 3 heterocycles. The van der Waals surface area contributed by atoms with Crippen molar-refractivity contribution in [3.05, 3.63) is 170 Å². The molecular weight excluding hydrogens is 637 g/mol. The average molecular weight is 665 g/mol. The minimum Gasteiger partial charge on any atom is -0.454 e. The van der Waals surface area contributed by atoms with Crippen molar-refractivity contribution in [1.82, 2.24) is 19.5 Å². The molecule has 3 aromatic heterocycles. The summed E-state index contributed by atoms with van der Waals surface area (Å²) in [5.74, 6) is 1.74. The molecule has 242 valence electrons. The molecule has 0 saturated heterocycles. The molecule has 0 amide bonds. The van der Waals surface area contributed by atoms with Gasteiger partial charge in [0.1, 0.15) is 11.1 Å². The van der Waals surface area contributed by atoms with E-state index < -0.39 is 0 Å². The van der Waals surface area contributed by atoms with E-state index in [0.717, 1.165) is 71.4 Å². The van der Waals surface area contributed by atoms with Gasteiger partial charge in [-0.15, -0.1) is 0 Å². The molecule has 0 aliphatic rings. The molecule has 5 nitrogen and oxygen atoms in total. The fraction of sp³-hybridized carbons (Fsp3) is 0. The molecule has 0 atom stereocenters. The van der Waals surface area contributed by atoms with Crippen LogP contribution < -0.4 is 0 Å². The number of fused-ring (bicyclic) bond motifs is 10. The van der Waals surface area contributed by atoms with Crippen molar-refractivity contribution in [2.24, 2.45) is 0 Å². The van der Waals surface area contributed by atoms with Gasteiger partial charge in [-0.3, -0.25) is 4.57 Å². The van der Waals surface area contributed by atoms with Gasteiger partial charge in [-0.05, 0) is 63.0 Å². The lowest BCUT2D eigenvalue weighted by Gasteiger charge is -2.11. The zero-order chi connectivity index (χ0) is 34.2. The summed E-state index contributed by atoms with van der Waals surface area (Å²) in [6.45, 7) is 0. The predicted octanol–water partition coefficient (Wildman–Crippen LogP) is 12.2. The number of benzene rings is 8. The lowest BCUT2D eigenvalue weighted by atomic mass is 9.99. The quantitative estimate of drug-likeness (QED) is 0.188. The number of furan rings is 1. The third kappa shape index (κ3) is 4.39. The van der Waals surface area contributed by atoms with Crippen molar-refractivity contribution in [3.63, 3.8) is 0 Å². The minimum absolute atomic E-state index is 0.531. The highest BCUT2D eigenvalue weighted by molar-refractivity contribution is 6.26. The van der Waals surface area contributed by atoms with Crippen molar-refractivity contribution in [2.75, 3.05) is 0 Å². The molecule has 52 heavy (non-hydrogen) atoms. The van der Waals surface area contributed by atoms with E-state index >= 15 is 0 Å². The van der Waals surface area contributed by atoms with E-state index in [4.69, 9.17) is 19.4 Å². The topological polar surface area (TPSA) is 56.7 Å². The average Bonchev–Trinajstić information content (AvgIpc) is 3.77. The molecule has 0 N–H and O–H groups in total. The van der Waals surface area contributed by atoms with E-state index in [1.807, 2.05) is 60.7 Å². The molecule has 0 aliphatic heterocycles. The molecule has 0 unspecified atom stereocenters. The van der Waals surface area contributed by atoms with Crippen molar-refractivity contribution >= 4 is 65.3 Å². The highest BCUT2D eigenvalue weighted by Gasteiger charge is 2.23. The first-order chi connectivity index (χ1) is 25.8. The summed E-state index contributed by atoms with van der Waals surface area (Å²) in [4.78, 5) is 15.4. The molecule has 0 spiro atoms. The van der Waals surface area contributed by atoms with Crippen LogP contribution in [0.25, 0.3) is 105 Å². The first kappa shape index (κ1) is 28.7. The third-order valence-corrected chi connectivity index (χ3v) is 10.2. The monoisotopic (exact) mass is 664 g/mol. The number of hydrogen-bond acceptors (Lipinski definition) is 4. The molecule has 0 fully saturated rings. The molecule has 5 heteroatoms. The Kier molecular flexibility index (Phi) is 6.18. The summed E-state index contributed by atoms with van der Waals surface area (Å²) >= 11 is 0. The first-order valence-corrected chi connectivity index (χ1v) is 17.4. The van der Waals surface area contributed by atoms with Crippen molar-refractivity contribution in [1.29, 1.82) is 0 Å². The van der Waals surface area contributed by atoms with Crippen LogP contribution in [0, 0.1) is 0 Å². The molecule has 11 rings (SSSR count). The fourth-order valence-electron chi connectivity index (χ4n) is 7.76. The van der Waals surface area contributed by atoms with Gasteiger partial charge in [0.15, 0.2) is 17.2 Å². The standard InChI is InChI=1S/C47H28N4O/c1-3-13-31(14-4-1)45-48-46(32-15-5-2-6-16-32)50-47(49-45)51-40-25-21-35(34-20-19-29-11-7-8-17-33(29)27-34)28-39(40)37-23-24-38-42-36-18-10-9-12-30(36)22-26-41(42)52-44(38)43(37)51/h1-28H. The summed E-state index contributed by atoms with van der Waals surface area (Å²) in [6, 6.07) is 59.2. The summed E-state index contributed by atoms with van der Waals surface area (Å²) < 4.78 is 9.04. The van der Waals surface area contributed by atoms with Gasteiger partial charge in [0.05, 0.1) is 5.52 Å². The van der Waals surface area contributed by atoms with E-state index in [2.05, 4.69) is 114 Å². The van der Waals surface area contributed by atoms with Crippen LogP contribution in [0.5, 0.6) is 0 Å².